The molecule has 8 atom stereocenters. The molecule has 53 heavy (non-hydrogen) atoms. The van der Waals surface area contributed by atoms with Crippen molar-refractivity contribution in [1.29, 1.82) is 0 Å². The van der Waals surface area contributed by atoms with E-state index in [0.717, 1.165) is 0 Å². The van der Waals surface area contributed by atoms with Crippen molar-refractivity contribution in [3.8, 4) is 0 Å². The molecule has 20 heteroatoms. The van der Waals surface area contributed by atoms with E-state index < -0.39 is 78.9 Å². The summed E-state index contributed by atoms with van der Waals surface area (Å²) >= 11 is 0. The zero-order valence-electron chi connectivity index (χ0n) is 31.9. The van der Waals surface area contributed by atoms with Gasteiger partial charge in [-0.1, -0.05) is 0 Å². The molecule has 20 nitrogen and oxygen atoms in total. The van der Waals surface area contributed by atoms with Crippen molar-refractivity contribution in [3.63, 3.8) is 0 Å². The van der Waals surface area contributed by atoms with Gasteiger partial charge in [-0.3, -0.25) is 0 Å². The van der Waals surface area contributed by atoms with Gasteiger partial charge in [-0.25, -0.2) is 19.2 Å². The fourth-order valence-electron chi connectivity index (χ4n) is 3.70. The highest BCUT2D eigenvalue weighted by Gasteiger charge is 2.34. The van der Waals surface area contributed by atoms with Crippen LogP contribution in [0.15, 0.2) is 0 Å². The number of carbonyl (C=O) groups is 4. The van der Waals surface area contributed by atoms with E-state index in [-0.39, 0.29) is 79.3 Å². The van der Waals surface area contributed by atoms with Crippen LogP contribution in [0.2, 0.25) is 0 Å². The normalized spacial score (nSPS) is 17.0. The van der Waals surface area contributed by atoms with E-state index in [9.17, 15) is 39.6 Å². The maximum Gasteiger partial charge on any atom is 0.508 e. The average Bonchev–Trinajstić information content (AvgIpc) is 3.04. The van der Waals surface area contributed by atoms with Crippen molar-refractivity contribution >= 4 is 24.6 Å². The maximum absolute atomic E-state index is 11.9. The van der Waals surface area contributed by atoms with Crippen molar-refractivity contribution in [1.82, 2.24) is 0 Å². The Kier molecular flexibility index (Phi) is 26.5. The van der Waals surface area contributed by atoms with Crippen LogP contribution in [0.1, 0.15) is 55.4 Å². The Morgan fingerprint density at radius 3 is 0.736 bits per heavy atom. The van der Waals surface area contributed by atoms with Crippen LogP contribution in [0.4, 0.5) is 19.2 Å². The van der Waals surface area contributed by atoms with Crippen molar-refractivity contribution < 1.29 is 96.4 Å². The summed E-state index contributed by atoms with van der Waals surface area (Å²) < 4.78 is 63.5. The number of carbonyl (C=O) groups excluding carboxylic acids is 4. The van der Waals surface area contributed by atoms with Crippen LogP contribution >= 0.6 is 0 Å². The van der Waals surface area contributed by atoms with E-state index in [2.05, 4.69) is 0 Å². The van der Waals surface area contributed by atoms with Gasteiger partial charge in [-0.2, -0.15) is 0 Å². The Hall–Kier alpha value is -3.24. The standard InChI is InChI=1S/C33H60O20/c1-21(34)9-46-29(38)50-25(5)13-42-17-33(18-43-14-26(6)51-30(39)47-10-22(2)35,19-44-15-27(7)52-31(40)48-11-23(3)36)20-45-16-28(8)53-32(41)49-12-24(4)37/h21-28,34-37H,9-20H2,1-8H3. The second kappa shape index (κ2) is 28.2. The van der Waals surface area contributed by atoms with Gasteiger partial charge >= 0.3 is 24.6 Å². The van der Waals surface area contributed by atoms with Gasteiger partial charge in [0.15, 0.2) is 0 Å². The molecule has 312 valence electrons. The van der Waals surface area contributed by atoms with Crippen LogP contribution in [-0.4, -0.2) is 173 Å². The number of aliphatic hydroxyl groups excluding tert-OH is 4. The van der Waals surface area contributed by atoms with Crippen LogP contribution in [-0.2, 0) is 56.8 Å². The van der Waals surface area contributed by atoms with Gasteiger partial charge in [0.05, 0.1) is 82.7 Å². The summed E-state index contributed by atoms with van der Waals surface area (Å²) in [6, 6.07) is 0. The second-order valence-corrected chi connectivity index (χ2v) is 12.9. The molecule has 0 rings (SSSR count). The summed E-state index contributed by atoms with van der Waals surface area (Å²) in [5, 5.41) is 37.3. The number of aliphatic hydroxyl groups is 4. The van der Waals surface area contributed by atoms with Gasteiger partial charge in [0.2, 0.25) is 0 Å². The molecule has 0 heterocycles. The van der Waals surface area contributed by atoms with E-state index in [4.69, 9.17) is 56.8 Å². The summed E-state index contributed by atoms with van der Waals surface area (Å²) in [4.78, 5) is 47.8. The Balaban J connectivity index is 5.81. The lowest BCUT2D eigenvalue weighted by atomic mass is 9.92. The molecule has 0 amide bonds. The third-order valence-electron chi connectivity index (χ3n) is 6.00. The third kappa shape index (κ3) is 28.9. The lowest BCUT2D eigenvalue weighted by Crippen LogP contribution is -2.44. The van der Waals surface area contributed by atoms with Crippen LogP contribution in [0, 0.1) is 5.41 Å². The van der Waals surface area contributed by atoms with Crippen molar-refractivity contribution in [2.24, 2.45) is 5.41 Å². The largest absolute Gasteiger partial charge is 0.508 e. The van der Waals surface area contributed by atoms with Crippen molar-refractivity contribution in [3.05, 3.63) is 0 Å². The van der Waals surface area contributed by atoms with E-state index in [1.54, 1.807) is 27.7 Å². The van der Waals surface area contributed by atoms with E-state index in [0.29, 0.717) is 0 Å². The molecule has 0 saturated carbocycles. The van der Waals surface area contributed by atoms with Crippen molar-refractivity contribution in [2.45, 2.75) is 104 Å². The topological polar surface area (TPSA) is 260 Å². The molecule has 0 aromatic carbocycles. The maximum atomic E-state index is 11.9. The molecule has 8 unspecified atom stereocenters. The van der Waals surface area contributed by atoms with Gasteiger partial charge in [0, 0.05) is 0 Å². The van der Waals surface area contributed by atoms with Gasteiger partial charge in [0.1, 0.15) is 50.8 Å². The molecule has 0 fully saturated rings. The summed E-state index contributed by atoms with van der Waals surface area (Å²) in [5.41, 5.74) is -1.14. The Bertz CT molecular complexity index is 848. The molecular formula is C33H60O20. The Morgan fingerprint density at radius 2 is 0.566 bits per heavy atom. The molecule has 0 spiro atoms. The molecule has 0 aromatic rings. The molecule has 0 aromatic heterocycles. The van der Waals surface area contributed by atoms with Crippen LogP contribution < -0.4 is 0 Å². The minimum atomic E-state index is -1.14. The quantitative estimate of drug-likeness (QED) is 0.0651. The highest BCUT2D eigenvalue weighted by molar-refractivity contribution is 5.61. The van der Waals surface area contributed by atoms with Crippen LogP contribution in [0.3, 0.4) is 0 Å². The molecule has 0 aliphatic heterocycles. The van der Waals surface area contributed by atoms with E-state index in [1.807, 2.05) is 0 Å². The van der Waals surface area contributed by atoms with E-state index >= 15 is 0 Å². The van der Waals surface area contributed by atoms with Crippen LogP contribution in [0.5, 0.6) is 0 Å². The Labute approximate surface area is 310 Å². The first-order chi connectivity index (χ1) is 24.8. The van der Waals surface area contributed by atoms with Gasteiger partial charge < -0.3 is 77.3 Å². The monoisotopic (exact) mass is 776 g/mol. The predicted molar refractivity (Wildman–Crippen MR) is 180 cm³/mol. The molecule has 0 bridgehead atoms. The summed E-state index contributed by atoms with van der Waals surface area (Å²) in [7, 11) is 0. The Morgan fingerprint density at radius 1 is 0.377 bits per heavy atom. The molecule has 0 saturated heterocycles. The second-order valence-electron chi connectivity index (χ2n) is 12.9. The third-order valence-corrected chi connectivity index (χ3v) is 6.00. The number of ether oxygens (including phenoxy) is 12. The number of hydrogen-bond donors (Lipinski definition) is 4. The summed E-state index contributed by atoms with van der Waals surface area (Å²) in [5.74, 6) is 0. The molecular weight excluding hydrogens is 716 g/mol. The highest BCUT2D eigenvalue weighted by Crippen LogP contribution is 2.22. The fraction of sp³-hybridized carbons (Fsp3) is 0.879. The molecule has 0 radical (unpaired) electrons. The van der Waals surface area contributed by atoms with Crippen LogP contribution in [0.25, 0.3) is 0 Å². The molecule has 4 N–H and O–H groups in total. The molecule has 0 aliphatic carbocycles. The van der Waals surface area contributed by atoms with Crippen molar-refractivity contribution in [2.75, 3.05) is 79.3 Å². The number of hydrogen-bond acceptors (Lipinski definition) is 20. The SMILES string of the molecule is CC(O)COC(=O)OC(C)COCC(COCC(C)OC(=O)OCC(C)O)(COCC(C)OC(=O)OCC(C)O)COCC(C)OC(=O)OCC(C)O. The summed E-state index contributed by atoms with van der Waals surface area (Å²) in [6.45, 7) is 9.90. The fourth-order valence-corrected chi connectivity index (χ4v) is 3.70. The first-order valence-corrected chi connectivity index (χ1v) is 17.2. The highest BCUT2D eigenvalue weighted by atomic mass is 16.8. The number of rotatable bonds is 28. The van der Waals surface area contributed by atoms with E-state index in [1.165, 1.54) is 27.7 Å². The first kappa shape index (κ1) is 49.8. The average molecular weight is 777 g/mol. The minimum Gasteiger partial charge on any atom is -0.432 e. The summed E-state index contributed by atoms with van der Waals surface area (Å²) in [6.07, 6.45) is -10.7. The smallest absolute Gasteiger partial charge is 0.432 e. The van der Waals surface area contributed by atoms with Gasteiger partial charge in [-0.05, 0) is 55.4 Å². The first-order valence-electron chi connectivity index (χ1n) is 17.2. The van der Waals surface area contributed by atoms with Gasteiger partial charge in [-0.15, -0.1) is 0 Å². The minimum absolute atomic E-state index is 0.122. The molecule has 0 aliphatic rings. The zero-order valence-corrected chi connectivity index (χ0v) is 31.9. The lowest BCUT2D eigenvalue weighted by molar-refractivity contribution is -0.133. The predicted octanol–water partition coefficient (Wildman–Crippen LogP) is 1.73. The zero-order chi connectivity index (χ0) is 40.4. The lowest BCUT2D eigenvalue weighted by Gasteiger charge is -2.34. The van der Waals surface area contributed by atoms with Gasteiger partial charge in [0.25, 0.3) is 0 Å².